The molecular weight excluding hydrogens is 404 g/mol. The Morgan fingerprint density at radius 1 is 0.606 bits per heavy atom. The van der Waals surface area contributed by atoms with Crippen molar-refractivity contribution >= 4 is 11.0 Å². The first-order chi connectivity index (χ1) is 15.6. The Kier molecular flexibility index (Phi) is 4.86. The summed E-state index contributed by atoms with van der Waals surface area (Å²) in [5.74, 6) is 2.13. The number of imidazole rings is 1. The average Bonchev–Trinajstić information content (AvgIpc) is 3.20. The van der Waals surface area contributed by atoms with Crippen molar-refractivity contribution in [3.8, 4) is 28.7 Å². The van der Waals surface area contributed by atoms with Crippen LogP contribution in [0, 0.1) is 0 Å². The molecule has 0 unspecified atom stereocenters. The molecule has 0 radical (unpaired) electrons. The Morgan fingerprint density at radius 3 is 1.88 bits per heavy atom. The normalized spacial score (nSPS) is 12.5. The molecule has 0 N–H and O–H groups in total. The fourth-order valence-electron chi connectivity index (χ4n) is 4.13. The highest BCUT2D eigenvalue weighted by atomic mass is 15.2. The molecule has 0 saturated heterocycles. The number of hydrogen-bond acceptors (Lipinski definition) is 3. The van der Waals surface area contributed by atoms with E-state index < -0.39 is 0 Å². The maximum Gasteiger partial charge on any atom is 0.199 e. The van der Waals surface area contributed by atoms with Gasteiger partial charge in [0, 0.05) is 11.3 Å². The lowest BCUT2D eigenvalue weighted by Crippen LogP contribution is -2.13. The standard InChI is InChI=1S/C29H30N4/c1-28(2,3)20-12-15-22(16-13-20)33-24-18-21(29(4,5)6)14-17-23(24)30-26-27(33)32-25(31-26)19-10-8-7-9-11-19/h7-18H,1-6H3. The predicted octanol–water partition coefficient (Wildman–Crippen LogP) is 7.18. The second-order valence-corrected chi connectivity index (χ2v) is 10.8. The highest BCUT2D eigenvalue weighted by Gasteiger charge is 2.23. The van der Waals surface area contributed by atoms with Gasteiger partial charge in [-0.3, -0.25) is 4.57 Å². The quantitative estimate of drug-likeness (QED) is 0.295. The van der Waals surface area contributed by atoms with Crippen LogP contribution < -0.4 is 0 Å². The van der Waals surface area contributed by atoms with E-state index in [1.165, 1.54) is 11.1 Å². The van der Waals surface area contributed by atoms with Gasteiger partial charge in [-0.2, -0.15) is 0 Å². The monoisotopic (exact) mass is 434 g/mol. The van der Waals surface area contributed by atoms with Gasteiger partial charge in [0.15, 0.2) is 17.5 Å². The minimum absolute atomic E-state index is 0.0317. The van der Waals surface area contributed by atoms with Crippen molar-refractivity contribution in [1.29, 1.82) is 0 Å². The molecule has 0 atom stereocenters. The van der Waals surface area contributed by atoms with Crippen molar-refractivity contribution < 1.29 is 0 Å². The van der Waals surface area contributed by atoms with Gasteiger partial charge >= 0.3 is 0 Å². The van der Waals surface area contributed by atoms with Crippen molar-refractivity contribution in [1.82, 2.24) is 19.5 Å². The second-order valence-electron chi connectivity index (χ2n) is 10.8. The van der Waals surface area contributed by atoms with Crippen LogP contribution in [0.2, 0.25) is 0 Å². The van der Waals surface area contributed by atoms with Crippen molar-refractivity contribution in [2.75, 3.05) is 0 Å². The van der Waals surface area contributed by atoms with E-state index in [0.717, 1.165) is 28.1 Å². The molecule has 0 spiro atoms. The summed E-state index contributed by atoms with van der Waals surface area (Å²) >= 11 is 0. The number of aromatic nitrogens is 4. The first-order valence-electron chi connectivity index (χ1n) is 11.5. The molecule has 2 aliphatic heterocycles. The van der Waals surface area contributed by atoms with E-state index in [4.69, 9.17) is 15.0 Å². The van der Waals surface area contributed by atoms with Crippen LogP contribution in [0.3, 0.4) is 0 Å². The van der Waals surface area contributed by atoms with Gasteiger partial charge in [0.1, 0.15) is 0 Å². The lowest BCUT2D eigenvalue weighted by molar-refractivity contribution is 0.589. The van der Waals surface area contributed by atoms with Crippen molar-refractivity contribution in [2.24, 2.45) is 0 Å². The van der Waals surface area contributed by atoms with E-state index >= 15 is 0 Å². The minimum Gasteiger partial charge on any atom is -0.290 e. The number of hydrogen-bond donors (Lipinski definition) is 0. The van der Waals surface area contributed by atoms with Gasteiger partial charge in [0.05, 0.1) is 11.0 Å². The van der Waals surface area contributed by atoms with Crippen LogP contribution >= 0.6 is 0 Å². The number of fused-ring (bicyclic) bond motifs is 2. The molecule has 3 aromatic carbocycles. The van der Waals surface area contributed by atoms with Crippen LogP contribution in [0.15, 0.2) is 72.8 Å². The van der Waals surface area contributed by atoms with Gasteiger partial charge < -0.3 is 0 Å². The molecule has 5 rings (SSSR count). The molecule has 2 heterocycles. The summed E-state index contributed by atoms with van der Waals surface area (Å²) in [6.45, 7) is 13.4. The molecule has 166 valence electrons. The molecule has 0 aromatic heterocycles. The van der Waals surface area contributed by atoms with E-state index in [9.17, 15) is 0 Å². The van der Waals surface area contributed by atoms with Gasteiger partial charge in [-0.25, -0.2) is 15.0 Å². The van der Waals surface area contributed by atoms with E-state index in [2.05, 4.69) is 88.6 Å². The molecule has 33 heavy (non-hydrogen) atoms. The van der Waals surface area contributed by atoms with E-state index in [-0.39, 0.29) is 10.8 Å². The Morgan fingerprint density at radius 2 is 1.24 bits per heavy atom. The topological polar surface area (TPSA) is 43.6 Å². The Labute approximate surface area is 195 Å². The van der Waals surface area contributed by atoms with E-state index in [1.54, 1.807) is 0 Å². The fraction of sp³-hybridized carbons (Fsp3) is 0.276. The lowest BCUT2D eigenvalue weighted by atomic mass is 9.86. The maximum atomic E-state index is 4.96. The summed E-state index contributed by atoms with van der Waals surface area (Å²) < 4.78 is 2.21. The van der Waals surface area contributed by atoms with Gasteiger partial charge in [-0.05, 0) is 46.2 Å². The first-order valence-corrected chi connectivity index (χ1v) is 11.5. The highest BCUT2D eigenvalue weighted by Crippen LogP contribution is 2.33. The third-order valence-electron chi connectivity index (χ3n) is 6.17. The number of benzene rings is 3. The third kappa shape index (κ3) is 3.91. The third-order valence-corrected chi connectivity index (χ3v) is 6.17. The summed E-state index contributed by atoms with van der Waals surface area (Å²) in [5, 5.41) is 0. The molecule has 3 aromatic rings. The summed E-state index contributed by atoms with van der Waals surface area (Å²) in [6, 6.07) is 25.4. The zero-order valence-electron chi connectivity index (χ0n) is 20.2. The molecule has 2 aliphatic rings. The molecule has 0 saturated carbocycles. The molecule has 0 amide bonds. The van der Waals surface area contributed by atoms with Gasteiger partial charge in [-0.15, -0.1) is 0 Å². The zero-order valence-corrected chi connectivity index (χ0v) is 20.2. The Balaban J connectivity index is 1.81. The molecule has 4 nitrogen and oxygen atoms in total. The molecular formula is C29H30N4. The van der Waals surface area contributed by atoms with Crippen molar-refractivity contribution in [3.63, 3.8) is 0 Å². The molecule has 0 fully saturated rings. The number of nitrogens with zero attached hydrogens (tertiary/aromatic N) is 4. The lowest BCUT2D eigenvalue weighted by Gasteiger charge is -2.22. The van der Waals surface area contributed by atoms with E-state index in [1.807, 2.05) is 30.3 Å². The average molecular weight is 435 g/mol. The van der Waals surface area contributed by atoms with Crippen LogP contribution in [0.25, 0.3) is 39.8 Å². The smallest absolute Gasteiger partial charge is 0.199 e. The fourth-order valence-corrected chi connectivity index (χ4v) is 4.13. The van der Waals surface area contributed by atoms with Crippen molar-refractivity contribution in [2.45, 2.75) is 52.4 Å². The molecule has 0 bridgehead atoms. The summed E-state index contributed by atoms with van der Waals surface area (Å²) in [5.41, 5.74) is 6.70. The summed E-state index contributed by atoms with van der Waals surface area (Å²) in [6.07, 6.45) is 0. The SMILES string of the molecule is CC(C)(C)c1ccc(-n2c3nc(-c4ccccc4)nc-3nc3ccc(C(C)(C)C)cc32)cc1. The Bertz CT molecular complexity index is 1400. The maximum absolute atomic E-state index is 4.96. The van der Waals surface area contributed by atoms with Gasteiger partial charge in [0.2, 0.25) is 0 Å². The van der Waals surface area contributed by atoms with Crippen molar-refractivity contribution in [3.05, 3.63) is 83.9 Å². The summed E-state index contributed by atoms with van der Waals surface area (Å²) in [7, 11) is 0. The van der Waals surface area contributed by atoms with Crippen LogP contribution in [-0.2, 0) is 10.8 Å². The van der Waals surface area contributed by atoms with E-state index in [0.29, 0.717) is 11.6 Å². The van der Waals surface area contributed by atoms with Crippen LogP contribution in [0.4, 0.5) is 0 Å². The van der Waals surface area contributed by atoms with Crippen LogP contribution in [-0.4, -0.2) is 19.5 Å². The summed E-state index contributed by atoms with van der Waals surface area (Å²) in [4.78, 5) is 14.7. The molecule has 4 heteroatoms. The highest BCUT2D eigenvalue weighted by molar-refractivity contribution is 5.83. The zero-order chi connectivity index (χ0) is 23.4. The van der Waals surface area contributed by atoms with Gasteiger partial charge in [0.25, 0.3) is 0 Å². The first kappa shape index (κ1) is 21.3. The Hall–Kier alpha value is -3.53. The van der Waals surface area contributed by atoms with Crippen LogP contribution in [0.5, 0.6) is 0 Å². The largest absolute Gasteiger partial charge is 0.290 e. The minimum atomic E-state index is 0.0317. The predicted molar refractivity (Wildman–Crippen MR) is 136 cm³/mol. The van der Waals surface area contributed by atoms with Crippen LogP contribution in [0.1, 0.15) is 52.7 Å². The molecule has 0 aliphatic carbocycles. The number of rotatable bonds is 2. The second kappa shape index (κ2) is 7.51. The van der Waals surface area contributed by atoms with Gasteiger partial charge in [-0.1, -0.05) is 90.1 Å².